The average Bonchev–Trinajstić information content (AvgIpc) is 3.24. The lowest BCUT2D eigenvalue weighted by molar-refractivity contribution is -0.126. The van der Waals surface area contributed by atoms with Gasteiger partial charge in [0.15, 0.2) is 5.76 Å². The number of nitrogens with zero attached hydrogens (tertiary/aromatic N) is 4. The van der Waals surface area contributed by atoms with Crippen molar-refractivity contribution in [3.8, 4) is 11.6 Å². The van der Waals surface area contributed by atoms with Gasteiger partial charge in [-0.15, -0.1) is 10.2 Å². The van der Waals surface area contributed by atoms with Crippen molar-refractivity contribution in [1.82, 2.24) is 25.5 Å². The van der Waals surface area contributed by atoms with E-state index in [0.29, 0.717) is 17.0 Å². The number of hydrogen-bond donors (Lipinski definition) is 1. The topological polar surface area (TPSA) is 85.8 Å². The van der Waals surface area contributed by atoms with Crippen molar-refractivity contribution < 1.29 is 9.21 Å². The highest BCUT2D eigenvalue weighted by atomic mass is 16.3. The lowest BCUT2D eigenvalue weighted by atomic mass is 9.48. The van der Waals surface area contributed by atoms with E-state index in [4.69, 9.17) is 4.42 Å². The number of rotatable bonds is 5. The van der Waals surface area contributed by atoms with Gasteiger partial charge in [0.1, 0.15) is 6.54 Å². The molecule has 7 nitrogen and oxygen atoms in total. The second kappa shape index (κ2) is 5.93. The highest BCUT2D eigenvalue weighted by Crippen LogP contribution is 2.61. The molecule has 0 radical (unpaired) electrons. The minimum atomic E-state index is -0.0448. The molecule has 4 aliphatic carbocycles. The summed E-state index contributed by atoms with van der Waals surface area (Å²) in [6.07, 6.45) is 9.66. The fourth-order valence-corrected chi connectivity index (χ4v) is 6.09. The number of nitrogens with one attached hydrogen (secondary N) is 1. The largest absolute Gasteiger partial charge is 0.461 e. The molecule has 138 valence electrons. The Morgan fingerprint density at radius 3 is 2.62 bits per heavy atom. The number of furan rings is 1. The lowest BCUT2D eigenvalue weighted by Gasteiger charge is -2.59. The maximum absolute atomic E-state index is 12.5. The summed E-state index contributed by atoms with van der Waals surface area (Å²) in [5, 5.41) is 15.4. The molecule has 2 aromatic rings. The molecule has 4 bridgehead atoms. The first-order valence-electron chi connectivity index (χ1n) is 9.71. The normalized spacial score (nSPS) is 33.3. The average molecular weight is 355 g/mol. The fourth-order valence-electron chi connectivity index (χ4n) is 6.09. The molecule has 1 N–H and O–H groups in total. The van der Waals surface area contributed by atoms with Crippen LogP contribution in [0.5, 0.6) is 0 Å². The molecule has 4 fully saturated rings. The maximum atomic E-state index is 12.5. The third-order valence-electron chi connectivity index (χ3n) is 6.86. The van der Waals surface area contributed by atoms with Crippen LogP contribution in [0, 0.1) is 23.2 Å². The molecular formula is C19H25N5O2. The quantitative estimate of drug-likeness (QED) is 0.891. The van der Waals surface area contributed by atoms with Crippen molar-refractivity contribution in [2.75, 3.05) is 0 Å². The highest BCUT2D eigenvalue weighted by Gasteiger charge is 2.53. The van der Waals surface area contributed by atoms with Crippen LogP contribution in [-0.4, -0.2) is 32.2 Å². The first-order chi connectivity index (χ1) is 12.6. The highest BCUT2D eigenvalue weighted by molar-refractivity contribution is 5.75. The minimum Gasteiger partial charge on any atom is -0.461 e. The number of aromatic nitrogens is 4. The Bertz CT molecular complexity index is 761. The van der Waals surface area contributed by atoms with E-state index in [1.165, 1.54) is 43.3 Å². The SMILES string of the molecule is CC(NC(=O)Cn1nnc(-c2ccco2)n1)C12CC3CC(CC(C3)C1)C2. The van der Waals surface area contributed by atoms with Crippen LogP contribution in [0.15, 0.2) is 22.8 Å². The third-order valence-corrected chi connectivity index (χ3v) is 6.86. The van der Waals surface area contributed by atoms with Gasteiger partial charge in [0.2, 0.25) is 11.7 Å². The van der Waals surface area contributed by atoms with Crippen molar-refractivity contribution in [2.45, 2.75) is 58.0 Å². The van der Waals surface area contributed by atoms with Crippen LogP contribution in [0.4, 0.5) is 0 Å². The molecule has 2 aromatic heterocycles. The monoisotopic (exact) mass is 355 g/mol. The van der Waals surface area contributed by atoms with Gasteiger partial charge in [-0.1, -0.05) is 0 Å². The molecule has 26 heavy (non-hydrogen) atoms. The Morgan fingerprint density at radius 2 is 2.00 bits per heavy atom. The molecule has 0 saturated heterocycles. The molecule has 1 amide bonds. The van der Waals surface area contributed by atoms with E-state index in [0.717, 1.165) is 17.8 Å². The maximum Gasteiger partial charge on any atom is 0.243 e. The van der Waals surface area contributed by atoms with E-state index in [1.54, 1.807) is 18.4 Å². The smallest absolute Gasteiger partial charge is 0.243 e. The van der Waals surface area contributed by atoms with Crippen LogP contribution in [0.1, 0.15) is 45.4 Å². The number of tetrazole rings is 1. The summed E-state index contributed by atoms with van der Waals surface area (Å²) in [5.41, 5.74) is 0.305. The summed E-state index contributed by atoms with van der Waals surface area (Å²) >= 11 is 0. The van der Waals surface area contributed by atoms with Gasteiger partial charge >= 0.3 is 0 Å². The van der Waals surface area contributed by atoms with Crippen LogP contribution < -0.4 is 5.32 Å². The van der Waals surface area contributed by atoms with E-state index >= 15 is 0 Å². The van der Waals surface area contributed by atoms with E-state index in [-0.39, 0.29) is 18.5 Å². The molecule has 0 aliphatic heterocycles. The minimum absolute atomic E-state index is 0.0448. The Labute approximate surface area is 152 Å². The zero-order chi connectivity index (χ0) is 17.7. The van der Waals surface area contributed by atoms with E-state index in [1.807, 2.05) is 0 Å². The van der Waals surface area contributed by atoms with Gasteiger partial charge in [-0.2, -0.15) is 4.80 Å². The van der Waals surface area contributed by atoms with Gasteiger partial charge in [0, 0.05) is 6.04 Å². The summed E-state index contributed by atoms with van der Waals surface area (Å²) in [5.74, 6) is 3.56. The zero-order valence-corrected chi connectivity index (χ0v) is 15.1. The number of carbonyl (C=O) groups excluding carboxylic acids is 1. The summed E-state index contributed by atoms with van der Waals surface area (Å²) < 4.78 is 5.26. The second-order valence-corrected chi connectivity index (χ2v) is 8.69. The number of hydrogen-bond acceptors (Lipinski definition) is 5. The lowest BCUT2D eigenvalue weighted by Crippen LogP contribution is -2.56. The van der Waals surface area contributed by atoms with E-state index in [9.17, 15) is 4.79 Å². The third kappa shape index (κ3) is 2.73. The Morgan fingerprint density at radius 1 is 1.31 bits per heavy atom. The first kappa shape index (κ1) is 16.0. The molecular weight excluding hydrogens is 330 g/mol. The number of carbonyl (C=O) groups is 1. The van der Waals surface area contributed by atoms with Crippen LogP contribution >= 0.6 is 0 Å². The first-order valence-corrected chi connectivity index (χ1v) is 9.71. The predicted molar refractivity (Wildman–Crippen MR) is 93.7 cm³/mol. The molecule has 1 atom stereocenters. The van der Waals surface area contributed by atoms with Crippen molar-refractivity contribution in [3.63, 3.8) is 0 Å². The van der Waals surface area contributed by atoms with Crippen molar-refractivity contribution >= 4 is 5.91 Å². The molecule has 4 saturated carbocycles. The summed E-state index contributed by atoms with van der Waals surface area (Å²) in [6.45, 7) is 2.28. The molecule has 7 heteroatoms. The van der Waals surface area contributed by atoms with Crippen LogP contribution in [0.25, 0.3) is 11.6 Å². The predicted octanol–water partition coefficient (Wildman–Crippen LogP) is 2.65. The van der Waals surface area contributed by atoms with Crippen molar-refractivity contribution in [3.05, 3.63) is 18.4 Å². The van der Waals surface area contributed by atoms with Gasteiger partial charge in [-0.3, -0.25) is 4.79 Å². The fraction of sp³-hybridized carbons (Fsp3) is 0.684. The van der Waals surface area contributed by atoms with E-state index < -0.39 is 0 Å². The van der Waals surface area contributed by atoms with Gasteiger partial charge in [-0.25, -0.2) is 0 Å². The van der Waals surface area contributed by atoms with Crippen LogP contribution in [0.2, 0.25) is 0 Å². The van der Waals surface area contributed by atoms with Gasteiger partial charge in [-0.05, 0) is 86.0 Å². The standard InChI is InChI=1S/C19H25N5O2/c1-12(19-8-13-5-14(9-19)7-15(6-13)10-19)20-17(25)11-24-22-18(21-23-24)16-3-2-4-26-16/h2-4,12-15H,5-11H2,1H3,(H,20,25). The second-order valence-electron chi connectivity index (χ2n) is 8.69. The molecule has 4 aliphatic rings. The molecule has 0 spiro atoms. The van der Waals surface area contributed by atoms with Crippen molar-refractivity contribution in [2.24, 2.45) is 23.2 Å². The van der Waals surface area contributed by atoms with Crippen LogP contribution in [0.3, 0.4) is 0 Å². The Balaban J connectivity index is 1.23. The van der Waals surface area contributed by atoms with Crippen LogP contribution in [-0.2, 0) is 11.3 Å². The molecule has 0 aromatic carbocycles. The molecule has 1 unspecified atom stereocenters. The van der Waals surface area contributed by atoms with Gasteiger partial charge in [0.25, 0.3) is 0 Å². The summed E-state index contributed by atoms with van der Waals surface area (Å²) in [4.78, 5) is 13.9. The van der Waals surface area contributed by atoms with Crippen molar-refractivity contribution in [1.29, 1.82) is 0 Å². The van der Waals surface area contributed by atoms with Gasteiger partial charge in [0.05, 0.1) is 6.26 Å². The molecule has 6 rings (SSSR count). The summed E-state index contributed by atoms with van der Waals surface area (Å²) in [7, 11) is 0. The summed E-state index contributed by atoms with van der Waals surface area (Å²) in [6, 6.07) is 3.75. The number of amides is 1. The van der Waals surface area contributed by atoms with E-state index in [2.05, 4.69) is 27.7 Å². The Hall–Kier alpha value is -2.18. The molecule has 2 heterocycles. The Kier molecular flexibility index (Phi) is 3.65. The van der Waals surface area contributed by atoms with Gasteiger partial charge < -0.3 is 9.73 Å². The zero-order valence-electron chi connectivity index (χ0n) is 15.1.